The Morgan fingerprint density at radius 3 is 2.68 bits per heavy atom. The van der Waals surface area contributed by atoms with Gasteiger partial charge in [-0.2, -0.15) is 5.10 Å². The second-order valence-electron chi connectivity index (χ2n) is 6.26. The Kier molecular flexibility index (Phi) is 5.99. The zero-order valence-electron chi connectivity index (χ0n) is 15.7. The molecule has 0 aliphatic rings. The van der Waals surface area contributed by atoms with E-state index >= 15 is 0 Å². The largest absolute Gasteiger partial charge is 0.490 e. The SMILES string of the molecule is CCOc1cc(C=Nn2c(=O)[nH]c3ccccc3c2=O)c(Br)cc1OC(C)C. The number of aromatic nitrogens is 2. The maximum Gasteiger partial charge on any atom is 0.349 e. The van der Waals surface area contributed by atoms with Crippen LogP contribution in [-0.2, 0) is 0 Å². The van der Waals surface area contributed by atoms with Crippen molar-refractivity contribution in [2.75, 3.05) is 6.61 Å². The first-order valence-electron chi connectivity index (χ1n) is 8.82. The van der Waals surface area contributed by atoms with Crippen LogP contribution in [0.5, 0.6) is 11.5 Å². The van der Waals surface area contributed by atoms with Crippen LogP contribution < -0.4 is 20.7 Å². The molecule has 7 nitrogen and oxygen atoms in total. The lowest BCUT2D eigenvalue weighted by Crippen LogP contribution is -2.32. The molecule has 0 unspecified atom stereocenters. The van der Waals surface area contributed by atoms with E-state index in [4.69, 9.17) is 9.47 Å². The summed E-state index contributed by atoms with van der Waals surface area (Å²) in [5, 5.41) is 4.47. The van der Waals surface area contributed by atoms with Crippen molar-refractivity contribution in [2.24, 2.45) is 5.10 Å². The molecule has 0 saturated carbocycles. The van der Waals surface area contributed by atoms with E-state index in [0.29, 0.717) is 39.0 Å². The van der Waals surface area contributed by atoms with Crippen LogP contribution in [0.4, 0.5) is 0 Å². The monoisotopic (exact) mass is 445 g/mol. The molecule has 0 fully saturated rings. The Morgan fingerprint density at radius 2 is 1.96 bits per heavy atom. The molecular weight excluding hydrogens is 426 g/mol. The number of hydrogen-bond donors (Lipinski definition) is 1. The normalized spacial score (nSPS) is 11.5. The molecular formula is C20H20BrN3O4. The van der Waals surface area contributed by atoms with Crippen molar-refractivity contribution >= 4 is 33.0 Å². The topological polar surface area (TPSA) is 85.7 Å². The zero-order chi connectivity index (χ0) is 20.3. The number of para-hydroxylation sites is 1. The number of halogens is 1. The van der Waals surface area contributed by atoms with Gasteiger partial charge in [-0.05, 0) is 61.0 Å². The number of aromatic amines is 1. The van der Waals surface area contributed by atoms with Crippen molar-refractivity contribution in [3.05, 3.63) is 67.3 Å². The molecule has 1 N–H and O–H groups in total. The molecule has 0 saturated heterocycles. The Labute approximate surface area is 169 Å². The molecule has 146 valence electrons. The number of fused-ring (bicyclic) bond motifs is 1. The summed E-state index contributed by atoms with van der Waals surface area (Å²) in [7, 11) is 0. The predicted octanol–water partition coefficient (Wildman–Crippen LogP) is 3.52. The molecule has 1 heterocycles. The first-order chi connectivity index (χ1) is 13.4. The average Bonchev–Trinajstić information content (AvgIpc) is 2.64. The summed E-state index contributed by atoms with van der Waals surface area (Å²) in [5.74, 6) is 1.15. The van der Waals surface area contributed by atoms with Crippen LogP contribution in [0.25, 0.3) is 10.9 Å². The molecule has 0 radical (unpaired) electrons. The molecule has 8 heteroatoms. The summed E-state index contributed by atoms with van der Waals surface area (Å²) in [4.78, 5) is 27.5. The first-order valence-corrected chi connectivity index (χ1v) is 9.61. The summed E-state index contributed by atoms with van der Waals surface area (Å²) in [6.45, 7) is 6.20. The molecule has 1 aromatic heterocycles. The molecule has 0 bridgehead atoms. The smallest absolute Gasteiger partial charge is 0.349 e. The van der Waals surface area contributed by atoms with Gasteiger partial charge in [-0.15, -0.1) is 4.68 Å². The second-order valence-corrected chi connectivity index (χ2v) is 7.11. The van der Waals surface area contributed by atoms with E-state index in [9.17, 15) is 9.59 Å². The minimum absolute atomic E-state index is 0.0136. The maximum absolute atomic E-state index is 12.6. The first kappa shape index (κ1) is 19.9. The number of H-pyrrole nitrogens is 1. The fraction of sp³-hybridized carbons (Fsp3) is 0.250. The number of rotatable bonds is 6. The molecule has 0 amide bonds. The van der Waals surface area contributed by atoms with Gasteiger partial charge in [-0.1, -0.05) is 12.1 Å². The van der Waals surface area contributed by atoms with Crippen LogP contribution in [0, 0.1) is 0 Å². The van der Waals surface area contributed by atoms with E-state index in [1.54, 1.807) is 36.4 Å². The molecule has 3 rings (SSSR count). The summed E-state index contributed by atoms with van der Waals surface area (Å²) < 4.78 is 12.9. The van der Waals surface area contributed by atoms with E-state index in [2.05, 4.69) is 26.0 Å². The summed E-state index contributed by atoms with van der Waals surface area (Å²) in [5.41, 5.74) is 0.00958. The number of ether oxygens (including phenoxy) is 2. The molecule has 0 aliphatic carbocycles. The molecule has 0 atom stereocenters. The van der Waals surface area contributed by atoms with Crippen LogP contribution >= 0.6 is 15.9 Å². The molecule has 0 spiro atoms. The van der Waals surface area contributed by atoms with Crippen LogP contribution in [0.15, 0.2) is 55.6 Å². The van der Waals surface area contributed by atoms with Crippen LogP contribution in [0.1, 0.15) is 26.3 Å². The minimum atomic E-state index is -0.610. The Hall–Kier alpha value is -2.87. The van der Waals surface area contributed by atoms with Gasteiger partial charge in [-0.25, -0.2) is 4.79 Å². The fourth-order valence-corrected chi connectivity index (χ4v) is 3.07. The van der Waals surface area contributed by atoms with Crippen molar-refractivity contribution in [3.63, 3.8) is 0 Å². The van der Waals surface area contributed by atoms with Gasteiger partial charge in [-0.3, -0.25) is 4.79 Å². The van der Waals surface area contributed by atoms with Crippen molar-refractivity contribution in [3.8, 4) is 11.5 Å². The third kappa shape index (κ3) is 4.17. The van der Waals surface area contributed by atoms with Crippen LogP contribution in [-0.4, -0.2) is 28.6 Å². The zero-order valence-corrected chi connectivity index (χ0v) is 17.3. The Bertz CT molecular complexity index is 1150. The number of nitrogens with one attached hydrogen (secondary N) is 1. The van der Waals surface area contributed by atoms with Gasteiger partial charge in [0.1, 0.15) is 0 Å². The van der Waals surface area contributed by atoms with Crippen molar-refractivity contribution in [1.29, 1.82) is 0 Å². The van der Waals surface area contributed by atoms with Crippen LogP contribution in [0.2, 0.25) is 0 Å². The van der Waals surface area contributed by atoms with E-state index in [1.807, 2.05) is 20.8 Å². The fourth-order valence-electron chi connectivity index (χ4n) is 2.64. The van der Waals surface area contributed by atoms with Gasteiger partial charge in [0.05, 0.1) is 29.8 Å². The number of hydrogen-bond acceptors (Lipinski definition) is 5. The quantitative estimate of drug-likeness (QED) is 0.588. The van der Waals surface area contributed by atoms with Gasteiger partial charge < -0.3 is 14.5 Å². The number of benzene rings is 2. The lowest BCUT2D eigenvalue weighted by atomic mass is 10.2. The summed E-state index contributed by atoms with van der Waals surface area (Å²) in [6, 6.07) is 10.3. The Balaban J connectivity index is 2.05. The highest BCUT2D eigenvalue weighted by atomic mass is 79.9. The maximum atomic E-state index is 12.6. The van der Waals surface area contributed by atoms with E-state index in [1.165, 1.54) is 6.21 Å². The van der Waals surface area contributed by atoms with Crippen molar-refractivity contribution < 1.29 is 9.47 Å². The standard InChI is InChI=1S/C20H20BrN3O4/c1-4-27-17-9-13(15(21)10-18(17)28-12(2)3)11-22-24-19(25)14-7-5-6-8-16(14)23-20(24)26/h5-12H,4H2,1-3H3,(H,23,26). The highest BCUT2D eigenvalue weighted by Gasteiger charge is 2.12. The molecule has 3 aromatic rings. The summed E-state index contributed by atoms with van der Waals surface area (Å²) >= 11 is 3.47. The van der Waals surface area contributed by atoms with Gasteiger partial charge in [0.15, 0.2) is 11.5 Å². The predicted molar refractivity (Wildman–Crippen MR) is 113 cm³/mol. The van der Waals surface area contributed by atoms with Gasteiger partial charge in [0, 0.05) is 10.0 Å². The molecule has 28 heavy (non-hydrogen) atoms. The van der Waals surface area contributed by atoms with Gasteiger partial charge in [0.25, 0.3) is 5.56 Å². The molecule has 2 aromatic carbocycles. The van der Waals surface area contributed by atoms with Crippen LogP contribution in [0.3, 0.4) is 0 Å². The van der Waals surface area contributed by atoms with E-state index in [-0.39, 0.29) is 6.10 Å². The third-order valence-electron chi connectivity index (χ3n) is 3.82. The average molecular weight is 446 g/mol. The van der Waals surface area contributed by atoms with Gasteiger partial charge >= 0.3 is 5.69 Å². The number of nitrogens with zero attached hydrogens (tertiary/aromatic N) is 2. The lowest BCUT2D eigenvalue weighted by molar-refractivity contribution is 0.223. The van der Waals surface area contributed by atoms with E-state index < -0.39 is 11.2 Å². The summed E-state index contributed by atoms with van der Waals surface area (Å²) in [6.07, 6.45) is 1.41. The third-order valence-corrected chi connectivity index (χ3v) is 4.51. The van der Waals surface area contributed by atoms with Crippen molar-refractivity contribution in [1.82, 2.24) is 9.66 Å². The lowest BCUT2D eigenvalue weighted by Gasteiger charge is -2.15. The molecule has 0 aliphatic heterocycles. The minimum Gasteiger partial charge on any atom is -0.490 e. The second kappa shape index (κ2) is 8.43. The highest BCUT2D eigenvalue weighted by Crippen LogP contribution is 2.33. The van der Waals surface area contributed by atoms with E-state index in [0.717, 1.165) is 4.68 Å². The highest BCUT2D eigenvalue weighted by molar-refractivity contribution is 9.10. The Morgan fingerprint density at radius 1 is 1.21 bits per heavy atom. The van der Waals surface area contributed by atoms with Crippen molar-refractivity contribution in [2.45, 2.75) is 26.9 Å². The van der Waals surface area contributed by atoms with Gasteiger partial charge in [0.2, 0.25) is 0 Å².